The highest BCUT2D eigenvalue weighted by atomic mass is 16.5. The molecule has 0 unspecified atom stereocenters. The number of benzene rings is 2. The van der Waals surface area contributed by atoms with Gasteiger partial charge in [-0.3, -0.25) is 4.79 Å². The molecule has 0 spiro atoms. The van der Waals surface area contributed by atoms with E-state index >= 15 is 0 Å². The first-order valence-corrected chi connectivity index (χ1v) is 8.40. The summed E-state index contributed by atoms with van der Waals surface area (Å²) in [6.07, 6.45) is 0.689. The molecule has 0 bridgehead atoms. The van der Waals surface area contributed by atoms with Crippen LogP contribution in [0.3, 0.4) is 0 Å². The van der Waals surface area contributed by atoms with E-state index in [1.54, 1.807) is 7.11 Å². The maximum Gasteiger partial charge on any atom is 0.243 e. The molecule has 7 heteroatoms. The van der Waals surface area contributed by atoms with Gasteiger partial charge in [0.1, 0.15) is 12.3 Å². The van der Waals surface area contributed by atoms with Crippen molar-refractivity contribution in [3.8, 4) is 17.1 Å². The summed E-state index contributed by atoms with van der Waals surface area (Å²) in [4.78, 5) is 13.4. The van der Waals surface area contributed by atoms with Gasteiger partial charge in [0, 0.05) is 12.1 Å². The molecule has 1 heterocycles. The maximum absolute atomic E-state index is 12.1. The molecule has 3 rings (SSSR count). The molecule has 0 aliphatic rings. The minimum absolute atomic E-state index is 0.0325. The summed E-state index contributed by atoms with van der Waals surface area (Å²) in [7, 11) is 1.64. The second kappa shape index (κ2) is 8.24. The standard InChI is InChI=1S/C19H21N5O2/c1-14-7-3-5-9-16(14)19-21-23-24(22-19)13-18(25)20-12-11-15-8-4-6-10-17(15)26-2/h3-10H,11-13H2,1-2H3,(H,20,25). The highest BCUT2D eigenvalue weighted by Gasteiger charge is 2.11. The lowest BCUT2D eigenvalue weighted by Gasteiger charge is -2.08. The molecule has 1 N–H and O–H groups in total. The van der Waals surface area contributed by atoms with Gasteiger partial charge in [-0.05, 0) is 35.8 Å². The summed E-state index contributed by atoms with van der Waals surface area (Å²) in [5, 5.41) is 15.2. The van der Waals surface area contributed by atoms with Crippen LogP contribution in [0.5, 0.6) is 5.75 Å². The Bertz CT molecular complexity index is 891. The normalized spacial score (nSPS) is 10.5. The SMILES string of the molecule is COc1ccccc1CCNC(=O)Cn1nnc(-c2ccccc2C)n1. The zero-order valence-electron chi connectivity index (χ0n) is 14.8. The van der Waals surface area contributed by atoms with Gasteiger partial charge >= 0.3 is 0 Å². The Morgan fingerprint density at radius 3 is 2.73 bits per heavy atom. The molecule has 1 amide bonds. The van der Waals surface area contributed by atoms with Crippen molar-refractivity contribution in [1.29, 1.82) is 0 Å². The molecule has 7 nitrogen and oxygen atoms in total. The van der Waals surface area contributed by atoms with Crippen molar-refractivity contribution in [2.75, 3.05) is 13.7 Å². The van der Waals surface area contributed by atoms with Crippen LogP contribution < -0.4 is 10.1 Å². The molecule has 134 valence electrons. The number of ether oxygens (including phenoxy) is 1. The highest BCUT2D eigenvalue weighted by Crippen LogP contribution is 2.18. The van der Waals surface area contributed by atoms with Gasteiger partial charge in [-0.15, -0.1) is 10.2 Å². The third-order valence-corrected chi connectivity index (χ3v) is 4.03. The van der Waals surface area contributed by atoms with Gasteiger partial charge in [0.15, 0.2) is 0 Å². The van der Waals surface area contributed by atoms with E-state index < -0.39 is 0 Å². The topological polar surface area (TPSA) is 81.9 Å². The van der Waals surface area contributed by atoms with E-state index in [9.17, 15) is 4.79 Å². The third-order valence-electron chi connectivity index (χ3n) is 4.03. The minimum atomic E-state index is -0.159. The summed E-state index contributed by atoms with van der Waals surface area (Å²) in [6.45, 7) is 2.53. The van der Waals surface area contributed by atoms with Crippen molar-refractivity contribution < 1.29 is 9.53 Å². The van der Waals surface area contributed by atoms with Gasteiger partial charge in [0.05, 0.1) is 7.11 Å². The molecule has 0 aliphatic heterocycles. The Labute approximate surface area is 152 Å². The van der Waals surface area contributed by atoms with Crippen LogP contribution in [-0.2, 0) is 17.8 Å². The summed E-state index contributed by atoms with van der Waals surface area (Å²) in [5.41, 5.74) is 3.03. The van der Waals surface area contributed by atoms with Gasteiger partial charge < -0.3 is 10.1 Å². The number of amides is 1. The first-order chi connectivity index (χ1) is 12.7. The Kier molecular flexibility index (Phi) is 5.58. The van der Waals surface area contributed by atoms with Crippen LogP contribution in [0, 0.1) is 6.92 Å². The Balaban J connectivity index is 1.53. The van der Waals surface area contributed by atoms with E-state index in [-0.39, 0.29) is 12.5 Å². The highest BCUT2D eigenvalue weighted by molar-refractivity contribution is 5.75. The lowest BCUT2D eigenvalue weighted by molar-refractivity contribution is -0.122. The molecule has 0 radical (unpaired) electrons. The summed E-state index contributed by atoms with van der Waals surface area (Å²) < 4.78 is 5.31. The van der Waals surface area contributed by atoms with Crippen LogP contribution in [-0.4, -0.2) is 39.8 Å². The van der Waals surface area contributed by atoms with E-state index in [0.717, 1.165) is 22.4 Å². The maximum atomic E-state index is 12.1. The van der Waals surface area contributed by atoms with Gasteiger partial charge in [0.2, 0.25) is 11.7 Å². The van der Waals surface area contributed by atoms with Crippen LogP contribution in [0.1, 0.15) is 11.1 Å². The minimum Gasteiger partial charge on any atom is -0.496 e. The monoisotopic (exact) mass is 351 g/mol. The summed E-state index contributed by atoms with van der Waals surface area (Å²) in [5.74, 6) is 1.18. The molecule has 0 fully saturated rings. The van der Waals surface area contributed by atoms with Crippen molar-refractivity contribution in [2.45, 2.75) is 19.9 Å². The molecule has 0 aliphatic carbocycles. The zero-order valence-corrected chi connectivity index (χ0v) is 14.8. The van der Waals surface area contributed by atoms with Crippen LogP contribution in [0.15, 0.2) is 48.5 Å². The van der Waals surface area contributed by atoms with Crippen molar-refractivity contribution in [1.82, 2.24) is 25.5 Å². The van der Waals surface area contributed by atoms with Crippen molar-refractivity contribution >= 4 is 5.91 Å². The predicted octanol–water partition coefficient (Wildman–Crippen LogP) is 2.02. The number of carbonyl (C=O) groups excluding carboxylic acids is 1. The van der Waals surface area contributed by atoms with Crippen LogP contribution in [0.25, 0.3) is 11.4 Å². The van der Waals surface area contributed by atoms with Crippen molar-refractivity contribution in [3.05, 3.63) is 59.7 Å². The number of nitrogens with one attached hydrogen (secondary N) is 1. The average Bonchev–Trinajstić information content (AvgIpc) is 3.10. The van der Waals surface area contributed by atoms with E-state index in [2.05, 4.69) is 20.7 Å². The number of tetrazole rings is 1. The van der Waals surface area contributed by atoms with E-state index in [4.69, 9.17) is 4.74 Å². The van der Waals surface area contributed by atoms with Gasteiger partial charge in [-0.1, -0.05) is 42.5 Å². The summed E-state index contributed by atoms with van der Waals surface area (Å²) >= 11 is 0. The number of nitrogens with zero attached hydrogens (tertiary/aromatic N) is 4. The molecule has 3 aromatic rings. The van der Waals surface area contributed by atoms with Crippen LogP contribution in [0.2, 0.25) is 0 Å². The van der Waals surface area contributed by atoms with Crippen molar-refractivity contribution in [3.63, 3.8) is 0 Å². The molecule has 1 aromatic heterocycles. The van der Waals surface area contributed by atoms with Crippen molar-refractivity contribution in [2.24, 2.45) is 0 Å². The fraction of sp³-hybridized carbons (Fsp3) is 0.263. The largest absolute Gasteiger partial charge is 0.496 e. The first-order valence-electron chi connectivity index (χ1n) is 8.40. The molecule has 0 saturated heterocycles. The lowest BCUT2D eigenvalue weighted by atomic mass is 10.1. The molecular formula is C19H21N5O2. The Hall–Kier alpha value is -3.22. The van der Waals surface area contributed by atoms with Gasteiger partial charge in [0.25, 0.3) is 0 Å². The number of carbonyl (C=O) groups is 1. The molecule has 2 aromatic carbocycles. The average molecular weight is 351 g/mol. The second-order valence-corrected chi connectivity index (χ2v) is 5.87. The third kappa shape index (κ3) is 4.24. The second-order valence-electron chi connectivity index (χ2n) is 5.87. The number of para-hydroxylation sites is 1. The molecule has 26 heavy (non-hydrogen) atoms. The molecule has 0 atom stereocenters. The van der Waals surface area contributed by atoms with Gasteiger partial charge in [-0.2, -0.15) is 4.80 Å². The number of rotatable bonds is 7. The molecule has 0 saturated carbocycles. The van der Waals surface area contributed by atoms with E-state index in [0.29, 0.717) is 18.8 Å². The number of hydrogen-bond acceptors (Lipinski definition) is 5. The van der Waals surface area contributed by atoms with E-state index in [1.807, 2.05) is 55.5 Å². The fourth-order valence-corrected chi connectivity index (χ4v) is 2.67. The predicted molar refractivity (Wildman–Crippen MR) is 97.7 cm³/mol. The smallest absolute Gasteiger partial charge is 0.243 e. The quantitative estimate of drug-likeness (QED) is 0.704. The fourth-order valence-electron chi connectivity index (χ4n) is 2.67. The van der Waals surface area contributed by atoms with E-state index in [1.165, 1.54) is 4.80 Å². The number of methoxy groups -OCH3 is 1. The summed E-state index contributed by atoms with van der Waals surface area (Å²) in [6, 6.07) is 15.6. The lowest BCUT2D eigenvalue weighted by Crippen LogP contribution is -2.30. The first kappa shape index (κ1) is 17.6. The van der Waals surface area contributed by atoms with Crippen LogP contribution in [0.4, 0.5) is 0 Å². The van der Waals surface area contributed by atoms with Gasteiger partial charge in [-0.25, -0.2) is 0 Å². The number of aromatic nitrogens is 4. The Morgan fingerprint density at radius 2 is 1.92 bits per heavy atom. The Morgan fingerprint density at radius 1 is 1.15 bits per heavy atom. The zero-order chi connectivity index (χ0) is 18.4. The number of aryl methyl sites for hydroxylation is 1. The number of hydrogen-bond donors (Lipinski definition) is 1. The van der Waals surface area contributed by atoms with Crippen LogP contribution >= 0.6 is 0 Å². The molecular weight excluding hydrogens is 330 g/mol.